The first-order valence-corrected chi connectivity index (χ1v) is 5.65. The van der Waals surface area contributed by atoms with Crippen molar-refractivity contribution in [3.05, 3.63) is 35.9 Å². The maximum atomic E-state index is 10.6. The molecule has 0 aliphatic rings. The molecule has 14 heavy (non-hydrogen) atoms. The summed E-state index contributed by atoms with van der Waals surface area (Å²) in [6, 6.07) is 8.34. The minimum absolute atomic E-state index is 0.456. The average Bonchev–Trinajstić information content (AvgIpc) is 2.01. The predicted molar refractivity (Wildman–Crippen MR) is 52.4 cm³/mol. The smallest absolute Gasteiger partial charge is 0.268 e. The molecule has 1 rings (SSSR count). The van der Waals surface area contributed by atoms with E-state index in [4.69, 9.17) is 4.55 Å². The number of hydrogen-bond donors (Lipinski definition) is 2. The first-order chi connectivity index (χ1) is 6.31. The summed E-state index contributed by atoms with van der Waals surface area (Å²) < 4.78 is 29.9. The van der Waals surface area contributed by atoms with E-state index in [1.54, 1.807) is 30.3 Å². The fourth-order valence-electron chi connectivity index (χ4n) is 1.24. The molecule has 2 N–H and O–H groups in total. The topological polar surface area (TPSA) is 74.6 Å². The highest BCUT2D eigenvalue weighted by atomic mass is 32.2. The molecule has 0 radical (unpaired) electrons. The molecular weight excluding hydrogens is 204 g/mol. The second-order valence-corrected chi connectivity index (χ2v) is 4.82. The van der Waals surface area contributed by atoms with Crippen LogP contribution in [0.3, 0.4) is 0 Å². The largest absolute Gasteiger partial charge is 0.384 e. The van der Waals surface area contributed by atoms with E-state index in [1.807, 2.05) is 0 Å². The molecule has 0 bridgehead atoms. The van der Waals surface area contributed by atoms with Crippen LogP contribution in [-0.2, 0) is 15.7 Å². The van der Waals surface area contributed by atoms with Gasteiger partial charge in [0.05, 0.1) is 0 Å². The third-order valence-corrected chi connectivity index (χ3v) is 2.79. The standard InChI is InChI=1S/C9H12O4S/c1-9(10,7-14(11,12)13)8-5-3-2-4-6-8/h2-6,10H,7H2,1H3,(H,11,12,13). The van der Waals surface area contributed by atoms with Crippen molar-refractivity contribution >= 4 is 10.1 Å². The fraction of sp³-hybridized carbons (Fsp3) is 0.333. The summed E-state index contributed by atoms with van der Waals surface area (Å²) in [5.41, 5.74) is -1.10. The van der Waals surface area contributed by atoms with Crippen molar-refractivity contribution in [2.24, 2.45) is 0 Å². The van der Waals surface area contributed by atoms with Gasteiger partial charge in [0.2, 0.25) is 0 Å². The van der Waals surface area contributed by atoms with Gasteiger partial charge in [0.25, 0.3) is 10.1 Å². The first-order valence-electron chi connectivity index (χ1n) is 4.04. The van der Waals surface area contributed by atoms with Crippen LogP contribution < -0.4 is 0 Å². The molecule has 78 valence electrons. The van der Waals surface area contributed by atoms with Gasteiger partial charge >= 0.3 is 0 Å². The van der Waals surface area contributed by atoms with Crippen LogP contribution in [0.2, 0.25) is 0 Å². The molecule has 0 heterocycles. The summed E-state index contributed by atoms with van der Waals surface area (Å²) in [4.78, 5) is 0. The van der Waals surface area contributed by atoms with Crippen LogP contribution in [0.5, 0.6) is 0 Å². The summed E-state index contributed by atoms with van der Waals surface area (Å²) in [6.07, 6.45) is 0. The van der Waals surface area contributed by atoms with Crippen LogP contribution in [0.25, 0.3) is 0 Å². The van der Waals surface area contributed by atoms with Crippen molar-refractivity contribution in [1.82, 2.24) is 0 Å². The molecule has 1 aromatic rings. The van der Waals surface area contributed by atoms with Crippen molar-refractivity contribution in [2.75, 3.05) is 5.75 Å². The molecule has 0 saturated carbocycles. The lowest BCUT2D eigenvalue weighted by atomic mass is 9.99. The zero-order valence-electron chi connectivity index (χ0n) is 7.71. The molecule has 1 unspecified atom stereocenters. The molecule has 0 aromatic heterocycles. The van der Waals surface area contributed by atoms with Gasteiger partial charge in [0, 0.05) is 0 Å². The maximum absolute atomic E-state index is 10.6. The van der Waals surface area contributed by atoms with Gasteiger partial charge in [0.15, 0.2) is 0 Å². The first kappa shape index (κ1) is 11.2. The minimum Gasteiger partial charge on any atom is -0.384 e. The molecule has 1 atom stereocenters. The highest BCUT2D eigenvalue weighted by Gasteiger charge is 2.28. The van der Waals surface area contributed by atoms with E-state index in [-0.39, 0.29) is 0 Å². The highest BCUT2D eigenvalue weighted by molar-refractivity contribution is 7.85. The van der Waals surface area contributed by atoms with Crippen LogP contribution in [0, 0.1) is 0 Å². The summed E-state index contributed by atoms with van der Waals surface area (Å²) >= 11 is 0. The van der Waals surface area contributed by atoms with Gasteiger partial charge in [-0.1, -0.05) is 30.3 Å². The van der Waals surface area contributed by atoms with Gasteiger partial charge in [-0.15, -0.1) is 0 Å². The predicted octanol–water partition coefficient (Wildman–Crippen LogP) is 0.782. The van der Waals surface area contributed by atoms with Crippen molar-refractivity contribution in [3.8, 4) is 0 Å². The molecule has 4 nitrogen and oxygen atoms in total. The normalized spacial score (nSPS) is 16.2. The van der Waals surface area contributed by atoms with E-state index in [0.717, 1.165) is 0 Å². The summed E-state index contributed by atoms with van der Waals surface area (Å²) in [6.45, 7) is 1.34. The van der Waals surface area contributed by atoms with Gasteiger partial charge in [-0.05, 0) is 12.5 Å². The second kappa shape index (κ2) is 3.68. The van der Waals surface area contributed by atoms with E-state index in [2.05, 4.69) is 0 Å². The average molecular weight is 216 g/mol. The summed E-state index contributed by atoms with van der Waals surface area (Å²) in [5.74, 6) is -0.704. The second-order valence-electron chi connectivity index (χ2n) is 3.37. The van der Waals surface area contributed by atoms with Crippen LogP contribution >= 0.6 is 0 Å². The number of hydrogen-bond acceptors (Lipinski definition) is 3. The van der Waals surface area contributed by atoms with Crippen molar-refractivity contribution < 1.29 is 18.1 Å². The molecule has 0 aliphatic heterocycles. The van der Waals surface area contributed by atoms with E-state index in [1.165, 1.54) is 6.92 Å². The third kappa shape index (κ3) is 3.10. The quantitative estimate of drug-likeness (QED) is 0.732. The van der Waals surface area contributed by atoms with Crippen molar-refractivity contribution in [1.29, 1.82) is 0 Å². The van der Waals surface area contributed by atoms with Crippen molar-refractivity contribution in [3.63, 3.8) is 0 Å². The van der Waals surface area contributed by atoms with E-state index in [0.29, 0.717) is 5.56 Å². The van der Waals surface area contributed by atoms with E-state index >= 15 is 0 Å². The Morgan fingerprint density at radius 2 is 1.79 bits per heavy atom. The molecule has 0 saturated heterocycles. The van der Waals surface area contributed by atoms with Crippen LogP contribution in [-0.4, -0.2) is 23.8 Å². The Morgan fingerprint density at radius 1 is 1.29 bits per heavy atom. The van der Waals surface area contributed by atoms with Gasteiger partial charge in [-0.3, -0.25) is 4.55 Å². The Hall–Kier alpha value is -0.910. The molecular formula is C9H12O4S. The monoisotopic (exact) mass is 216 g/mol. The molecule has 0 amide bonds. The third-order valence-electron chi connectivity index (χ3n) is 1.86. The molecule has 1 aromatic carbocycles. The minimum atomic E-state index is -4.18. The molecule has 0 spiro atoms. The SMILES string of the molecule is CC(O)(CS(=O)(=O)O)c1ccccc1. The Morgan fingerprint density at radius 3 is 2.21 bits per heavy atom. The lowest BCUT2D eigenvalue weighted by Crippen LogP contribution is -2.30. The number of benzene rings is 1. The lowest BCUT2D eigenvalue weighted by molar-refractivity contribution is 0.0802. The Balaban J connectivity index is 2.97. The van der Waals surface area contributed by atoms with Crippen molar-refractivity contribution in [2.45, 2.75) is 12.5 Å². The maximum Gasteiger partial charge on any atom is 0.268 e. The molecule has 0 fully saturated rings. The fourth-order valence-corrected chi connectivity index (χ4v) is 2.11. The Labute approximate surface area is 82.9 Å². The Bertz CT molecular complexity index is 394. The van der Waals surface area contributed by atoms with Crippen LogP contribution in [0.15, 0.2) is 30.3 Å². The van der Waals surface area contributed by atoms with E-state index < -0.39 is 21.5 Å². The lowest BCUT2D eigenvalue weighted by Gasteiger charge is -2.21. The van der Waals surface area contributed by atoms with Gasteiger partial charge in [-0.25, -0.2) is 0 Å². The number of aliphatic hydroxyl groups is 1. The van der Waals surface area contributed by atoms with Gasteiger partial charge in [-0.2, -0.15) is 8.42 Å². The van der Waals surface area contributed by atoms with Crippen LogP contribution in [0.1, 0.15) is 12.5 Å². The number of rotatable bonds is 3. The zero-order chi connectivity index (χ0) is 10.8. The zero-order valence-corrected chi connectivity index (χ0v) is 8.53. The van der Waals surface area contributed by atoms with Crippen LogP contribution in [0.4, 0.5) is 0 Å². The van der Waals surface area contributed by atoms with Gasteiger partial charge in [0.1, 0.15) is 11.4 Å². The Kier molecular flexibility index (Phi) is 2.94. The molecule has 0 aliphatic carbocycles. The summed E-state index contributed by atoms with van der Waals surface area (Å²) in [7, 11) is -4.18. The summed E-state index contributed by atoms with van der Waals surface area (Å²) in [5, 5.41) is 9.78. The van der Waals surface area contributed by atoms with Gasteiger partial charge < -0.3 is 5.11 Å². The van der Waals surface area contributed by atoms with E-state index in [9.17, 15) is 13.5 Å². The molecule has 5 heteroatoms. The highest BCUT2D eigenvalue weighted by Crippen LogP contribution is 2.21.